The normalized spacial score (nSPS) is 10.5. The third kappa shape index (κ3) is 3.95. The van der Waals surface area contributed by atoms with E-state index < -0.39 is 5.97 Å². The highest BCUT2D eigenvalue weighted by Crippen LogP contribution is 2.23. The summed E-state index contributed by atoms with van der Waals surface area (Å²) in [7, 11) is 2.90. The van der Waals surface area contributed by atoms with Crippen LogP contribution >= 0.6 is 11.3 Å². The molecule has 6 heteroatoms. The summed E-state index contributed by atoms with van der Waals surface area (Å²) in [5.74, 6) is -0.0357. The van der Waals surface area contributed by atoms with Gasteiger partial charge in [-0.25, -0.2) is 4.79 Å². The van der Waals surface area contributed by atoms with E-state index in [2.05, 4.69) is 10.1 Å². The molecule has 0 fully saturated rings. The highest BCUT2D eigenvalue weighted by molar-refractivity contribution is 7.12. The minimum Gasteiger partial charge on any atom is -0.497 e. The molecular formula is C16H15NO4S. The topological polar surface area (TPSA) is 64.6 Å². The van der Waals surface area contributed by atoms with Crippen LogP contribution < -0.4 is 10.1 Å². The minimum absolute atomic E-state index is 0.320. The Morgan fingerprint density at radius 1 is 1.14 bits per heavy atom. The Balaban J connectivity index is 2.02. The zero-order chi connectivity index (χ0) is 15.9. The number of carbonyl (C=O) groups is 2. The fourth-order valence-electron chi connectivity index (χ4n) is 1.72. The van der Waals surface area contributed by atoms with Gasteiger partial charge in [0.2, 0.25) is 5.91 Å². The molecule has 0 unspecified atom stereocenters. The molecule has 1 amide bonds. The Bertz CT molecular complexity index is 688. The van der Waals surface area contributed by atoms with Gasteiger partial charge in [-0.15, -0.1) is 11.3 Å². The van der Waals surface area contributed by atoms with E-state index in [-0.39, 0.29) is 5.91 Å². The van der Waals surface area contributed by atoms with Crippen LogP contribution in [0.25, 0.3) is 6.08 Å². The molecule has 0 atom stereocenters. The summed E-state index contributed by atoms with van der Waals surface area (Å²) in [6, 6.07) is 8.97. The Labute approximate surface area is 132 Å². The predicted octanol–water partition coefficient (Wildman–Crippen LogP) is 3.20. The van der Waals surface area contributed by atoms with E-state index in [1.54, 1.807) is 24.6 Å². The van der Waals surface area contributed by atoms with Crippen molar-refractivity contribution in [1.82, 2.24) is 0 Å². The fourth-order valence-corrected chi connectivity index (χ4v) is 2.49. The molecule has 0 radical (unpaired) electrons. The molecule has 0 bridgehead atoms. The first-order chi connectivity index (χ1) is 10.6. The van der Waals surface area contributed by atoms with Crippen LogP contribution in [-0.4, -0.2) is 26.1 Å². The lowest BCUT2D eigenvalue weighted by molar-refractivity contribution is -0.111. The van der Waals surface area contributed by atoms with Crippen molar-refractivity contribution in [3.05, 3.63) is 52.2 Å². The van der Waals surface area contributed by atoms with Gasteiger partial charge in [-0.1, -0.05) is 12.1 Å². The Kier molecular flexibility index (Phi) is 5.32. The second-order valence-corrected chi connectivity index (χ2v) is 5.17. The number of esters is 1. The van der Waals surface area contributed by atoms with E-state index in [1.165, 1.54) is 24.5 Å². The molecule has 0 saturated carbocycles. The van der Waals surface area contributed by atoms with E-state index in [0.717, 1.165) is 11.3 Å². The summed E-state index contributed by atoms with van der Waals surface area (Å²) in [5, 5.41) is 4.38. The van der Waals surface area contributed by atoms with Crippen molar-refractivity contribution in [2.45, 2.75) is 0 Å². The lowest BCUT2D eigenvalue weighted by Gasteiger charge is -2.03. The molecule has 1 N–H and O–H groups in total. The van der Waals surface area contributed by atoms with Crippen molar-refractivity contribution >= 4 is 35.0 Å². The van der Waals surface area contributed by atoms with Gasteiger partial charge in [0.15, 0.2) is 0 Å². The number of hydrogen-bond acceptors (Lipinski definition) is 5. The lowest BCUT2D eigenvalue weighted by Crippen LogP contribution is -2.10. The molecule has 5 nitrogen and oxygen atoms in total. The van der Waals surface area contributed by atoms with Crippen LogP contribution in [-0.2, 0) is 9.53 Å². The van der Waals surface area contributed by atoms with Crippen molar-refractivity contribution in [2.24, 2.45) is 0 Å². The first-order valence-electron chi connectivity index (χ1n) is 6.43. The Hall–Kier alpha value is -2.60. The largest absolute Gasteiger partial charge is 0.497 e. The van der Waals surface area contributed by atoms with Crippen LogP contribution in [0.1, 0.15) is 15.2 Å². The molecule has 2 aromatic rings. The summed E-state index contributed by atoms with van der Waals surface area (Å²) in [6.45, 7) is 0. The number of rotatable bonds is 5. The molecule has 2 rings (SSSR count). The summed E-state index contributed by atoms with van der Waals surface area (Å²) in [5.41, 5.74) is 1.32. The molecular weight excluding hydrogens is 302 g/mol. The van der Waals surface area contributed by atoms with Gasteiger partial charge in [0.05, 0.1) is 19.9 Å². The SMILES string of the molecule is COC(=O)c1sccc1NC(=O)/C=C/c1ccc(OC)cc1. The second-order valence-electron chi connectivity index (χ2n) is 4.25. The number of anilines is 1. The molecule has 114 valence electrons. The molecule has 1 aromatic carbocycles. The quantitative estimate of drug-likeness (QED) is 0.679. The van der Waals surface area contributed by atoms with Crippen molar-refractivity contribution in [1.29, 1.82) is 0 Å². The summed E-state index contributed by atoms with van der Waals surface area (Å²) >= 11 is 1.22. The molecule has 1 heterocycles. The first-order valence-corrected chi connectivity index (χ1v) is 7.31. The summed E-state index contributed by atoms with van der Waals surface area (Å²) in [6.07, 6.45) is 3.08. The number of hydrogen-bond donors (Lipinski definition) is 1. The number of nitrogens with one attached hydrogen (secondary N) is 1. The zero-order valence-electron chi connectivity index (χ0n) is 12.2. The van der Waals surface area contributed by atoms with Gasteiger partial charge in [-0.2, -0.15) is 0 Å². The number of amides is 1. The van der Waals surface area contributed by atoms with Crippen molar-refractivity contribution < 1.29 is 19.1 Å². The van der Waals surface area contributed by atoms with Crippen LogP contribution in [0.3, 0.4) is 0 Å². The van der Waals surface area contributed by atoms with E-state index in [1.807, 2.05) is 24.3 Å². The number of benzene rings is 1. The van der Waals surface area contributed by atoms with Gasteiger partial charge in [0, 0.05) is 6.08 Å². The molecule has 0 spiro atoms. The first kappa shape index (κ1) is 15.8. The second kappa shape index (κ2) is 7.42. The number of methoxy groups -OCH3 is 2. The van der Waals surface area contributed by atoms with Crippen molar-refractivity contribution in [3.8, 4) is 5.75 Å². The number of carbonyl (C=O) groups excluding carboxylic acids is 2. The third-order valence-corrected chi connectivity index (χ3v) is 3.73. The van der Waals surface area contributed by atoms with Crippen molar-refractivity contribution in [2.75, 3.05) is 19.5 Å². The Morgan fingerprint density at radius 3 is 2.50 bits per heavy atom. The van der Waals surface area contributed by atoms with Gasteiger partial charge in [-0.3, -0.25) is 4.79 Å². The van der Waals surface area contributed by atoms with Gasteiger partial charge >= 0.3 is 5.97 Å². The van der Waals surface area contributed by atoms with Crippen molar-refractivity contribution in [3.63, 3.8) is 0 Å². The van der Waals surface area contributed by atoms with Crippen LogP contribution in [0.2, 0.25) is 0 Å². The standard InChI is InChI=1S/C16H15NO4S/c1-20-12-6-3-11(4-7-12)5-8-14(18)17-13-9-10-22-15(13)16(19)21-2/h3-10H,1-2H3,(H,17,18)/b8-5+. The van der Waals surface area contributed by atoms with Gasteiger partial charge < -0.3 is 14.8 Å². The average Bonchev–Trinajstić information content (AvgIpc) is 3.00. The molecule has 0 aliphatic carbocycles. The van der Waals surface area contributed by atoms with Crippen LogP contribution in [0.5, 0.6) is 5.75 Å². The third-order valence-electron chi connectivity index (χ3n) is 2.84. The van der Waals surface area contributed by atoms with E-state index in [0.29, 0.717) is 10.6 Å². The summed E-state index contributed by atoms with van der Waals surface area (Å²) in [4.78, 5) is 23.8. The predicted molar refractivity (Wildman–Crippen MR) is 86.3 cm³/mol. The molecule has 0 aliphatic rings. The van der Waals surface area contributed by atoms with Crippen LogP contribution in [0, 0.1) is 0 Å². The summed E-state index contributed by atoms with van der Waals surface area (Å²) < 4.78 is 9.72. The maximum atomic E-state index is 11.9. The van der Waals surface area contributed by atoms with Gasteiger partial charge in [0.25, 0.3) is 0 Å². The van der Waals surface area contributed by atoms with Gasteiger partial charge in [0.1, 0.15) is 10.6 Å². The average molecular weight is 317 g/mol. The Morgan fingerprint density at radius 2 is 1.86 bits per heavy atom. The number of ether oxygens (including phenoxy) is 2. The smallest absolute Gasteiger partial charge is 0.350 e. The van der Waals surface area contributed by atoms with E-state index in [9.17, 15) is 9.59 Å². The van der Waals surface area contributed by atoms with Crippen LogP contribution in [0.15, 0.2) is 41.8 Å². The molecule has 22 heavy (non-hydrogen) atoms. The fraction of sp³-hybridized carbons (Fsp3) is 0.125. The maximum Gasteiger partial charge on any atom is 0.350 e. The van der Waals surface area contributed by atoms with Crippen LogP contribution in [0.4, 0.5) is 5.69 Å². The van der Waals surface area contributed by atoms with Gasteiger partial charge in [-0.05, 0) is 35.2 Å². The molecule has 1 aromatic heterocycles. The molecule has 0 saturated heterocycles. The monoisotopic (exact) mass is 317 g/mol. The molecule has 0 aliphatic heterocycles. The maximum absolute atomic E-state index is 11.9. The number of thiophene rings is 1. The van der Waals surface area contributed by atoms with E-state index >= 15 is 0 Å². The van der Waals surface area contributed by atoms with E-state index in [4.69, 9.17) is 4.74 Å². The highest BCUT2D eigenvalue weighted by Gasteiger charge is 2.14. The highest BCUT2D eigenvalue weighted by atomic mass is 32.1. The minimum atomic E-state index is -0.468. The zero-order valence-corrected chi connectivity index (χ0v) is 13.0. The lowest BCUT2D eigenvalue weighted by atomic mass is 10.2.